The number of anilines is 1. The molecule has 0 heterocycles. The molecular weight excluding hydrogens is 298 g/mol. The van der Waals surface area contributed by atoms with Gasteiger partial charge in [0.2, 0.25) is 5.91 Å². The van der Waals surface area contributed by atoms with Gasteiger partial charge in [-0.15, -0.1) is 0 Å². The fraction of sp³-hybridized carbons (Fsp3) is 0.562. The van der Waals surface area contributed by atoms with Gasteiger partial charge in [-0.2, -0.15) is 0 Å². The van der Waals surface area contributed by atoms with Crippen LogP contribution in [0, 0.1) is 10.1 Å². The predicted molar refractivity (Wildman–Crippen MR) is 87.2 cm³/mol. The zero-order chi connectivity index (χ0) is 16.7. The van der Waals surface area contributed by atoms with Gasteiger partial charge < -0.3 is 15.7 Å². The molecule has 1 aromatic carbocycles. The number of hydrogen-bond donors (Lipinski definition) is 3. The van der Waals surface area contributed by atoms with Gasteiger partial charge in [-0.25, -0.2) is 0 Å². The van der Waals surface area contributed by atoms with Crippen molar-refractivity contribution in [3.63, 3.8) is 0 Å². The Balaban J connectivity index is 1.61. The highest BCUT2D eigenvalue weighted by molar-refractivity contribution is 5.76. The number of carbonyl (C=O) groups is 1. The standard InChI is InChI=1S/C16H23N3O4/c20-15-9-5-13(6-10-15)18-16(21)2-1-11-17-12-3-7-14(8-4-12)19(22)23/h3-4,7-8,13,15,17,20H,1-2,5-6,9-11H2,(H,18,21). The maximum Gasteiger partial charge on any atom is 0.269 e. The second kappa shape index (κ2) is 8.47. The fourth-order valence-electron chi connectivity index (χ4n) is 2.70. The average molecular weight is 321 g/mol. The lowest BCUT2D eigenvalue weighted by Crippen LogP contribution is -2.38. The van der Waals surface area contributed by atoms with Crippen LogP contribution in [0.1, 0.15) is 38.5 Å². The van der Waals surface area contributed by atoms with Crippen molar-refractivity contribution in [2.24, 2.45) is 0 Å². The first-order valence-electron chi connectivity index (χ1n) is 8.00. The molecule has 1 amide bonds. The summed E-state index contributed by atoms with van der Waals surface area (Å²) >= 11 is 0. The molecular formula is C16H23N3O4. The van der Waals surface area contributed by atoms with E-state index in [2.05, 4.69) is 10.6 Å². The molecule has 0 spiro atoms. The first-order valence-corrected chi connectivity index (χ1v) is 8.00. The van der Waals surface area contributed by atoms with Crippen LogP contribution in [-0.2, 0) is 4.79 Å². The maximum absolute atomic E-state index is 11.8. The monoisotopic (exact) mass is 321 g/mol. The van der Waals surface area contributed by atoms with Crippen molar-refractivity contribution in [2.75, 3.05) is 11.9 Å². The Bertz CT molecular complexity index is 525. The maximum atomic E-state index is 11.8. The zero-order valence-electron chi connectivity index (χ0n) is 13.0. The SMILES string of the molecule is O=C(CCCNc1ccc([N+](=O)[O-])cc1)NC1CCC(O)CC1. The van der Waals surface area contributed by atoms with Crippen molar-refractivity contribution in [2.45, 2.75) is 50.7 Å². The number of nitro benzene ring substituents is 1. The smallest absolute Gasteiger partial charge is 0.269 e. The highest BCUT2D eigenvalue weighted by Crippen LogP contribution is 2.18. The van der Waals surface area contributed by atoms with E-state index in [0.717, 1.165) is 31.4 Å². The number of nitrogens with one attached hydrogen (secondary N) is 2. The Hall–Kier alpha value is -2.15. The number of aliphatic hydroxyl groups is 1. The van der Waals surface area contributed by atoms with E-state index < -0.39 is 4.92 Å². The molecule has 126 valence electrons. The van der Waals surface area contributed by atoms with Crippen molar-refractivity contribution in [1.29, 1.82) is 0 Å². The highest BCUT2D eigenvalue weighted by Gasteiger charge is 2.20. The minimum Gasteiger partial charge on any atom is -0.393 e. The van der Waals surface area contributed by atoms with E-state index in [1.165, 1.54) is 12.1 Å². The second-order valence-electron chi connectivity index (χ2n) is 5.91. The van der Waals surface area contributed by atoms with Gasteiger partial charge in [-0.05, 0) is 44.2 Å². The summed E-state index contributed by atoms with van der Waals surface area (Å²) in [6, 6.07) is 6.41. The summed E-state index contributed by atoms with van der Waals surface area (Å²) in [5.41, 5.74) is 0.866. The van der Waals surface area contributed by atoms with Crippen LogP contribution in [0.15, 0.2) is 24.3 Å². The number of non-ortho nitro benzene ring substituents is 1. The van der Waals surface area contributed by atoms with Gasteiger partial charge in [0.1, 0.15) is 0 Å². The Kier molecular flexibility index (Phi) is 6.34. The van der Waals surface area contributed by atoms with Crippen molar-refractivity contribution in [1.82, 2.24) is 5.32 Å². The molecule has 0 radical (unpaired) electrons. The molecule has 0 aromatic heterocycles. The first kappa shape index (κ1) is 17.2. The number of nitrogens with zero attached hydrogens (tertiary/aromatic N) is 1. The predicted octanol–water partition coefficient (Wildman–Crippen LogP) is 2.21. The molecule has 1 aliphatic rings. The van der Waals surface area contributed by atoms with Gasteiger partial charge in [0.05, 0.1) is 11.0 Å². The van der Waals surface area contributed by atoms with Crippen LogP contribution < -0.4 is 10.6 Å². The number of hydrogen-bond acceptors (Lipinski definition) is 5. The Labute approximate surface area is 135 Å². The van der Waals surface area contributed by atoms with Crippen molar-refractivity contribution in [3.8, 4) is 0 Å². The summed E-state index contributed by atoms with van der Waals surface area (Å²) in [6.45, 7) is 0.634. The summed E-state index contributed by atoms with van der Waals surface area (Å²) in [5, 5.41) is 26.1. The number of nitro groups is 1. The summed E-state index contributed by atoms with van der Waals surface area (Å²) in [4.78, 5) is 22.0. The molecule has 1 aliphatic carbocycles. The largest absolute Gasteiger partial charge is 0.393 e. The molecule has 0 aliphatic heterocycles. The molecule has 23 heavy (non-hydrogen) atoms. The third kappa shape index (κ3) is 5.86. The molecule has 2 rings (SSSR count). The van der Waals surface area contributed by atoms with Crippen LogP contribution in [0.2, 0.25) is 0 Å². The van der Waals surface area contributed by atoms with Crippen LogP contribution in [0.3, 0.4) is 0 Å². The third-order valence-corrected chi connectivity index (χ3v) is 4.05. The molecule has 0 unspecified atom stereocenters. The molecule has 7 heteroatoms. The van der Waals surface area contributed by atoms with Gasteiger partial charge in [0.15, 0.2) is 0 Å². The number of carbonyl (C=O) groups excluding carboxylic acids is 1. The molecule has 0 saturated heterocycles. The Morgan fingerprint density at radius 2 is 1.87 bits per heavy atom. The van der Waals surface area contributed by atoms with Gasteiger partial charge >= 0.3 is 0 Å². The summed E-state index contributed by atoms with van der Waals surface area (Å²) in [7, 11) is 0. The van der Waals surface area contributed by atoms with E-state index in [0.29, 0.717) is 19.4 Å². The average Bonchev–Trinajstić information content (AvgIpc) is 2.54. The van der Waals surface area contributed by atoms with E-state index in [-0.39, 0.29) is 23.7 Å². The summed E-state index contributed by atoms with van der Waals surface area (Å²) in [5.74, 6) is 0.0388. The molecule has 3 N–H and O–H groups in total. The minimum absolute atomic E-state index is 0.0388. The topological polar surface area (TPSA) is 104 Å². The second-order valence-corrected chi connectivity index (χ2v) is 5.91. The number of benzene rings is 1. The number of rotatable bonds is 7. The first-order chi connectivity index (χ1) is 11.0. The zero-order valence-corrected chi connectivity index (χ0v) is 13.0. The van der Waals surface area contributed by atoms with Gasteiger partial charge in [-0.3, -0.25) is 14.9 Å². The van der Waals surface area contributed by atoms with Crippen LogP contribution in [0.4, 0.5) is 11.4 Å². The summed E-state index contributed by atoms with van der Waals surface area (Å²) in [6.07, 6.45) is 4.12. The lowest BCUT2D eigenvalue weighted by molar-refractivity contribution is -0.384. The minimum atomic E-state index is -0.432. The van der Waals surface area contributed by atoms with Crippen molar-refractivity contribution >= 4 is 17.3 Å². The van der Waals surface area contributed by atoms with Gasteiger partial charge in [-0.1, -0.05) is 0 Å². The van der Waals surface area contributed by atoms with Crippen LogP contribution in [0.25, 0.3) is 0 Å². The molecule has 1 fully saturated rings. The van der Waals surface area contributed by atoms with E-state index >= 15 is 0 Å². The molecule has 0 bridgehead atoms. The molecule has 7 nitrogen and oxygen atoms in total. The van der Waals surface area contributed by atoms with Gasteiger partial charge in [0, 0.05) is 36.8 Å². The lowest BCUT2D eigenvalue weighted by Gasteiger charge is -2.26. The van der Waals surface area contributed by atoms with E-state index in [4.69, 9.17) is 0 Å². The summed E-state index contributed by atoms with van der Waals surface area (Å²) < 4.78 is 0. The Morgan fingerprint density at radius 1 is 1.22 bits per heavy atom. The van der Waals surface area contributed by atoms with Crippen molar-refractivity contribution < 1.29 is 14.8 Å². The normalized spacial score (nSPS) is 20.7. The highest BCUT2D eigenvalue weighted by atomic mass is 16.6. The third-order valence-electron chi connectivity index (χ3n) is 4.05. The lowest BCUT2D eigenvalue weighted by atomic mass is 9.93. The van der Waals surface area contributed by atoms with E-state index in [1.54, 1.807) is 12.1 Å². The molecule has 1 saturated carbocycles. The Morgan fingerprint density at radius 3 is 2.48 bits per heavy atom. The number of aliphatic hydroxyl groups excluding tert-OH is 1. The van der Waals surface area contributed by atoms with E-state index in [9.17, 15) is 20.0 Å². The van der Waals surface area contributed by atoms with E-state index in [1.807, 2.05) is 0 Å². The molecule has 0 atom stereocenters. The molecule has 1 aromatic rings. The van der Waals surface area contributed by atoms with Gasteiger partial charge in [0.25, 0.3) is 5.69 Å². The van der Waals surface area contributed by atoms with Crippen molar-refractivity contribution in [3.05, 3.63) is 34.4 Å². The van der Waals surface area contributed by atoms with Crippen LogP contribution >= 0.6 is 0 Å². The number of amides is 1. The fourth-order valence-corrected chi connectivity index (χ4v) is 2.70. The van der Waals surface area contributed by atoms with Crippen LogP contribution in [-0.4, -0.2) is 34.6 Å². The van der Waals surface area contributed by atoms with Crippen LogP contribution in [0.5, 0.6) is 0 Å². The quantitative estimate of drug-likeness (QED) is 0.406.